The Balaban J connectivity index is 1.97. The molecule has 3 aromatic rings. The Kier molecular flexibility index (Phi) is 2.57. The van der Waals surface area contributed by atoms with Crippen molar-refractivity contribution in [1.29, 1.82) is 0 Å². The monoisotopic (exact) mass is 242 g/mol. The fourth-order valence-electron chi connectivity index (χ4n) is 1.92. The number of imidazole rings is 1. The van der Waals surface area contributed by atoms with Crippen LogP contribution in [0, 0.1) is 0 Å². The third-order valence-corrected chi connectivity index (χ3v) is 3.04. The van der Waals surface area contributed by atoms with Crippen molar-refractivity contribution in [2.75, 3.05) is 0 Å². The van der Waals surface area contributed by atoms with Crippen molar-refractivity contribution in [1.82, 2.24) is 9.38 Å². The number of halogens is 1. The van der Waals surface area contributed by atoms with Gasteiger partial charge in [0.25, 0.3) is 0 Å². The van der Waals surface area contributed by atoms with E-state index in [9.17, 15) is 0 Å². The molecule has 0 bridgehead atoms. The SMILES string of the molecule is Clc1ccc(Cc2ncc3ccccn23)cc1. The first-order valence-electron chi connectivity index (χ1n) is 5.48. The first-order valence-corrected chi connectivity index (χ1v) is 5.86. The Morgan fingerprint density at radius 2 is 1.88 bits per heavy atom. The zero-order valence-electron chi connectivity index (χ0n) is 9.18. The number of aromatic nitrogens is 2. The van der Waals surface area contributed by atoms with Gasteiger partial charge in [0.2, 0.25) is 0 Å². The lowest BCUT2D eigenvalue weighted by Crippen LogP contribution is -1.95. The molecule has 0 spiro atoms. The minimum absolute atomic E-state index is 0.765. The molecular formula is C14H11ClN2. The summed E-state index contributed by atoms with van der Waals surface area (Å²) >= 11 is 5.87. The maximum Gasteiger partial charge on any atom is 0.117 e. The van der Waals surface area contributed by atoms with E-state index < -0.39 is 0 Å². The van der Waals surface area contributed by atoms with Crippen LogP contribution in [0.3, 0.4) is 0 Å². The van der Waals surface area contributed by atoms with E-state index in [4.69, 9.17) is 11.6 Å². The minimum Gasteiger partial charge on any atom is -0.303 e. The summed E-state index contributed by atoms with van der Waals surface area (Å²) in [6, 6.07) is 14.0. The molecule has 1 aromatic carbocycles. The first kappa shape index (κ1) is 10.4. The number of rotatable bonds is 2. The molecule has 0 aliphatic carbocycles. The summed E-state index contributed by atoms with van der Waals surface area (Å²) < 4.78 is 2.11. The van der Waals surface area contributed by atoms with Crippen molar-refractivity contribution in [3.63, 3.8) is 0 Å². The number of hydrogen-bond acceptors (Lipinski definition) is 1. The van der Waals surface area contributed by atoms with E-state index in [1.807, 2.05) is 48.8 Å². The Labute approximate surface area is 104 Å². The second-order valence-electron chi connectivity index (χ2n) is 3.97. The van der Waals surface area contributed by atoms with Gasteiger partial charge in [-0.3, -0.25) is 0 Å². The first-order chi connectivity index (χ1) is 8.33. The number of benzene rings is 1. The molecule has 0 fully saturated rings. The second kappa shape index (κ2) is 4.22. The zero-order chi connectivity index (χ0) is 11.7. The smallest absolute Gasteiger partial charge is 0.117 e. The molecule has 0 atom stereocenters. The van der Waals surface area contributed by atoms with E-state index in [1.165, 1.54) is 5.56 Å². The molecule has 0 aliphatic heterocycles. The van der Waals surface area contributed by atoms with Gasteiger partial charge in [0.15, 0.2) is 0 Å². The minimum atomic E-state index is 0.765. The van der Waals surface area contributed by atoms with Crippen molar-refractivity contribution in [2.45, 2.75) is 6.42 Å². The molecule has 2 nitrogen and oxygen atoms in total. The van der Waals surface area contributed by atoms with Gasteiger partial charge in [-0.2, -0.15) is 0 Å². The van der Waals surface area contributed by atoms with Gasteiger partial charge in [-0.15, -0.1) is 0 Å². The molecule has 2 heterocycles. The highest BCUT2D eigenvalue weighted by Crippen LogP contribution is 2.14. The van der Waals surface area contributed by atoms with E-state index >= 15 is 0 Å². The van der Waals surface area contributed by atoms with Crippen LogP contribution in [0.4, 0.5) is 0 Å². The van der Waals surface area contributed by atoms with E-state index in [0.717, 1.165) is 22.8 Å². The normalized spacial score (nSPS) is 10.9. The van der Waals surface area contributed by atoms with Gasteiger partial charge in [-0.1, -0.05) is 29.8 Å². The van der Waals surface area contributed by atoms with Crippen molar-refractivity contribution < 1.29 is 0 Å². The Morgan fingerprint density at radius 3 is 2.71 bits per heavy atom. The lowest BCUT2D eigenvalue weighted by molar-refractivity contribution is 0.962. The van der Waals surface area contributed by atoms with E-state index in [2.05, 4.69) is 15.5 Å². The van der Waals surface area contributed by atoms with Gasteiger partial charge in [-0.25, -0.2) is 4.98 Å². The third-order valence-electron chi connectivity index (χ3n) is 2.79. The van der Waals surface area contributed by atoms with Crippen LogP contribution in [0.2, 0.25) is 5.02 Å². The summed E-state index contributed by atoms with van der Waals surface area (Å²) in [4.78, 5) is 4.44. The quantitative estimate of drug-likeness (QED) is 0.672. The molecule has 0 saturated heterocycles. The molecule has 3 rings (SSSR count). The number of pyridine rings is 1. The topological polar surface area (TPSA) is 17.3 Å². The van der Waals surface area contributed by atoms with Crippen LogP contribution in [-0.2, 0) is 6.42 Å². The second-order valence-corrected chi connectivity index (χ2v) is 4.41. The molecule has 3 heteroatoms. The van der Waals surface area contributed by atoms with Crippen molar-refractivity contribution in [3.05, 3.63) is 71.3 Å². The molecule has 2 aromatic heterocycles. The molecule has 84 valence electrons. The van der Waals surface area contributed by atoms with Gasteiger partial charge in [0.05, 0.1) is 11.7 Å². The summed E-state index contributed by atoms with van der Waals surface area (Å²) in [7, 11) is 0. The average molecular weight is 243 g/mol. The van der Waals surface area contributed by atoms with Crippen molar-refractivity contribution >= 4 is 17.1 Å². The van der Waals surface area contributed by atoms with Crippen LogP contribution >= 0.6 is 11.6 Å². The molecule has 0 radical (unpaired) electrons. The summed E-state index contributed by atoms with van der Waals surface area (Å²) in [5, 5.41) is 0.765. The number of hydrogen-bond donors (Lipinski definition) is 0. The Bertz CT molecular complexity index is 641. The standard InChI is InChI=1S/C14H11ClN2/c15-12-6-4-11(5-7-12)9-14-16-10-13-3-1-2-8-17(13)14/h1-8,10H,9H2. The Morgan fingerprint density at radius 1 is 1.06 bits per heavy atom. The number of fused-ring (bicyclic) bond motifs is 1. The molecular weight excluding hydrogens is 232 g/mol. The Hall–Kier alpha value is -1.80. The predicted octanol–water partition coefficient (Wildman–Crippen LogP) is 3.58. The van der Waals surface area contributed by atoms with Crippen LogP contribution in [-0.4, -0.2) is 9.38 Å². The summed E-state index contributed by atoms with van der Waals surface area (Å²) in [5.41, 5.74) is 2.34. The maximum absolute atomic E-state index is 5.87. The van der Waals surface area contributed by atoms with E-state index in [-0.39, 0.29) is 0 Å². The van der Waals surface area contributed by atoms with Gasteiger partial charge < -0.3 is 4.40 Å². The molecule has 0 amide bonds. The molecule has 0 saturated carbocycles. The molecule has 0 aliphatic rings. The fourth-order valence-corrected chi connectivity index (χ4v) is 2.04. The van der Waals surface area contributed by atoms with Gasteiger partial charge in [0.1, 0.15) is 5.82 Å². The lowest BCUT2D eigenvalue weighted by atomic mass is 10.1. The van der Waals surface area contributed by atoms with Crippen LogP contribution in [0.1, 0.15) is 11.4 Å². The maximum atomic E-state index is 5.87. The van der Waals surface area contributed by atoms with Crippen LogP contribution in [0.15, 0.2) is 54.9 Å². The fraction of sp³-hybridized carbons (Fsp3) is 0.0714. The zero-order valence-corrected chi connectivity index (χ0v) is 9.93. The van der Waals surface area contributed by atoms with Crippen LogP contribution in [0.25, 0.3) is 5.52 Å². The van der Waals surface area contributed by atoms with Crippen molar-refractivity contribution in [2.24, 2.45) is 0 Å². The van der Waals surface area contributed by atoms with E-state index in [0.29, 0.717) is 0 Å². The van der Waals surface area contributed by atoms with Gasteiger partial charge in [-0.05, 0) is 29.8 Å². The highest BCUT2D eigenvalue weighted by Gasteiger charge is 2.03. The number of nitrogens with zero attached hydrogens (tertiary/aromatic N) is 2. The lowest BCUT2D eigenvalue weighted by Gasteiger charge is -2.01. The largest absolute Gasteiger partial charge is 0.303 e. The van der Waals surface area contributed by atoms with Crippen LogP contribution < -0.4 is 0 Å². The van der Waals surface area contributed by atoms with Gasteiger partial charge >= 0.3 is 0 Å². The molecule has 17 heavy (non-hydrogen) atoms. The molecule has 0 N–H and O–H groups in total. The van der Waals surface area contributed by atoms with E-state index in [1.54, 1.807) is 0 Å². The highest BCUT2D eigenvalue weighted by molar-refractivity contribution is 6.30. The molecule has 0 unspecified atom stereocenters. The summed E-state index contributed by atoms with van der Waals surface area (Å²) in [6.45, 7) is 0. The van der Waals surface area contributed by atoms with Crippen molar-refractivity contribution in [3.8, 4) is 0 Å². The summed E-state index contributed by atoms with van der Waals surface area (Å²) in [6.07, 6.45) is 4.74. The third kappa shape index (κ3) is 2.04. The van der Waals surface area contributed by atoms with Gasteiger partial charge in [0, 0.05) is 17.6 Å². The highest BCUT2D eigenvalue weighted by atomic mass is 35.5. The average Bonchev–Trinajstić information content (AvgIpc) is 2.76. The predicted molar refractivity (Wildman–Crippen MR) is 69.5 cm³/mol. The van der Waals surface area contributed by atoms with Crippen LogP contribution in [0.5, 0.6) is 0 Å². The summed E-state index contributed by atoms with van der Waals surface area (Å²) in [5.74, 6) is 1.04.